The van der Waals surface area contributed by atoms with E-state index in [1.54, 1.807) is 12.1 Å². The molecule has 1 heterocycles. The van der Waals surface area contributed by atoms with Gasteiger partial charge >= 0.3 is 11.9 Å². The summed E-state index contributed by atoms with van der Waals surface area (Å²) in [5, 5.41) is 0. The van der Waals surface area contributed by atoms with Crippen LogP contribution in [0.4, 0.5) is 0 Å². The fourth-order valence-corrected chi connectivity index (χ4v) is 3.18. The first-order valence-corrected chi connectivity index (χ1v) is 10.00. The van der Waals surface area contributed by atoms with E-state index in [0.29, 0.717) is 37.5 Å². The van der Waals surface area contributed by atoms with E-state index < -0.39 is 6.10 Å². The summed E-state index contributed by atoms with van der Waals surface area (Å²) in [5.74, 6) is -0.197. The van der Waals surface area contributed by atoms with Crippen molar-refractivity contribution in [3.05, 3.63) is 35.9 Å². The van der Waals surface area contributed by atoms with Crippen LogP contribution >= 0.6 is 0 Å². The summed E-state index contributed by atoms with van der Waals surface area (Å²) in [6, 6.07) is 8.97. The monoisotopic (exact) mass is 376 g/mol. The van der Waals surface area contributed by atoms with Gasteiger partial charge in [-0.1, -0.05) is 38.5 Å². The molecule has 0 N–H and O–H groups in total. The van der Waals surface area contributed by atoms with Crippen molar-refractivity contribution in [3.63, 3.8) is 0 Å². The Labute approximate surface area is 162 Å². The molecule has 27 heavy (non-hydrogen) atoms. The van der Waals surface area contributed by atoms with Crippen LogP contribution in [0, 0.1) is 5.92 Å². The van der Waals surface area contributed by atoms with E-state index in [9.17, 15) is 9.59 Å². The zero-order chi connectivity index (χ0) is 19.7. The van der Waals surface area contributed by atoms with Crippen molar-refractivity contribution in [2.24, 2.45) is 5.92 Å². The first-order valence-electron chi connectivity index (χ1n) is 10.00. The molecule has 0 saturated carbocycles. The minimum Gasteiger partial charge on any atom is -0.463 e. The normalized spacial score (nSPS) is 23.4. The molecule has 3 unspecified atom stereocenters. The van der Waals surface area contributed by atoms with Crippen LogP contribution in [0.2, 0.25) is 0 Å². The molecule has 0 amide bonds. The zero-order valence-electron chi connectivity index (χ0n) is 16.7. The lowest BCUT2D eigenvalue weighted by atomic mass is 9.89. The van der Waals surface area contributed by atoms with Crippen molar-refractivity contribution >= 4 is 11.9 Å². The average molecular weight is 376 g/mol. The molecule has 0 aliphatic carbocycles. The molecule has 1 fully saturated rings. The minimum atomic E-state index is -0.486. The van der Waals surface area contributed by atoms with Crippen LogP contribution in [0.15, 0.2) is 30.3 Å². The lowest BCUT2D eigenvalue weighted by Crippen LogP contribution is -2.42. The van der Waals surface area contributed by atoms with Crippen molar-refractivity contribution in [2.45, 2.75) is 71.0 Å². The summed E-state index contributed by atoms with van der Waals surface area (Å²) in [7, 11) is 0. The Morgan fingerprint density at radius 1 is 1.26 bits per heavy atom. The number of esters is 2. The van der Waals surface area contributed by atoms with Gasteiger partial charge in [0.05, 0.1) is 24.4 Å². The van der Waals surface area contributed by atoms with Crippen molar-refractivity contribution in [1.82, 2.24) is 0 Å². The molecule has 1 saturated heterocycles. The van der Waals surface area contributed by atoms with Gasteiger partial charge in [-0.05, 0) is 57.1 Å². The average Bonchev–Trinajstić information content (AvgIpc) is 2.69. The van der Waals surface area contributed by atoms with E-state index in [4.69, 9.17) is 14.2 Å². The third-order valence-electron chi connectivity index (χ3n) is 5.16. The summed E-state index contributed by atoms with van der Waals surface area (Å²) in [6.45, 7) is 6.96. The van der Waals surface area contributed by atoms with Crippen LogP contribution in [-0.4, -0.2) is 36.9 Å². The summed E-state index contributed by atoms with van der Waals surface area (Å²) >= 11 is 0. The van der Waals surface area contributed by atoms with Gasteiger partial charge in [0.15, 0.2) is 6.10 Å². The molecule has 150 valence electrons. The van der Waals surface area contributed by atoms with Crippen molar-refractivity contribution < 1.29 is 23.8 Å². The van der Waals surface area contributed by atoms with Gasteiger partial charge in [0.1, 0.15) is 0 Å². The highest BCUT2D eigenvalue weighted by Crippen LogP contribution is 2.33. The molecule has 2 rings (SSSR count). The molecule has 1 aliphatic rings. The van der Waals surface area contributed by atoms with Gasteiger partial charge in [-0.15, -0.1) is 0 Å². The molecule has 1 aromatic carbocycles. The van der Waals surface area contributed by atoms with Crippen LogP contribution in [-0.2, 0) is 19.0 Å². The van der Waals surface area contributed by atoms with Gasteiger partial charge in [0, 0.05) is 0 Å². The lowest BCUT2D eigenvalue weighted by molar-refractivity contribution is -0.180. The highest BCUT2D eigenvalue weighted by molar-refractivity contribution is 5.89. The fraction of sp³-hybridized carbons (Fsp3) is 0.636. The first kappa shape index (κ1) is 21.4. The van der Waals surface area contributed by atoms with Gasteiger partial charge in [-0.2, -0.15) is 0 Å². The highest BCUT2D eigenvalue weighted by atomic mass is 16.6. The number of hydrogen-bond acceptors (Lipinski definition) is 5. The minimum absolute atomic E-state index is 0.253. The van der Waals surface area contributed by atoms with Gasteiger partial charge in [-0.25, -0.2) is 9.59 Å². The molecule has 1 aromatic rings. The molecule has 1 aliphatic heterocycles. The molecular formula is C22H32O5. The van der Waals surface area contributed by atoms with E-state index in [1.807, 2.05) is 25.1 Å². The molecule has 0 aromatic heterocycles. The maximum Gasteiger partial charge on any atom is 0.338 e. The molecule has 5 heteroatoms. The number of benzene rings is 1. The molecule has 0 bridgehead atoms. The maximum absolute atomic E-state index is 12.3. The number of rotatable bonds is 9. The Bertz CT molecular complexity index is 600. The van der Waals surface area contributed by atoms with Crippen LogP contribution in [0.3, 0.4) is 0 Å². The van der Waals surface area contributed by atoms with Crippen LogP contribution in [0.5, 0.6) is 0 Å². The summed E-state index contributed by atoms with van der Waals surface area (Å²) in [5.41, 5.74) is 0.180. The molecule has 0 spiro atoms. The number of ether oxygens (including phenoxy) is 3. The topological polar surface area (TPSA) is 61.8 Å². The summed E-state index contributed by atoms with van der Waals surface area (Å²) in [6.07, 6.45) is 4.47. The first-order chi connectivity index (χ1) is 12.9. The Morgan fingerprint density at radius 3 is 2.70 bits per heavy atom. The van der Waals surface area contributed by atoms with Crippen molar-refractivity contribution in [2.75, 3.05) is 13.2 Å². The second-order valence-electron chi connectivity index (χ2n) is 7.70. The number of hydrogen-bond donors (Lipinski definition) is 0. The van der Waals surface area contributed by atoms with Gasteiger partial charge in [0.2, 0.25) is 0 Å². The van der Waals surface area contributed by atoms with E-state index >= 15 is 0 Å². The molecule has 3 atom stereocenters. The van der Waals surface area contributed by atoms with Crippen molar-refractivity contribution in [1.29, 1.82) is 0 Å². The van der Waals surface area contributed by atoms with Crippen LogP contribution in [0.1, 0.15) is 69.7 Å². The maximum atomic E-state index is 12.3. The second kappa shape index (κ2) is 10.5. The molecule has 0 radical (unpaired) electrons. The standard InChI is InChI=1S/C22H32O5/c1-4-17(2)16-26-21(24)19-12-8-13-22(3,27-19)14-9-15-25-20(23)18-10-6-5-7-11-18/h5-7,10-11,17,19H,4,8-9,12-16H2,1-3H3. The third-order valence-corrected chi connectivity index (χ3v) is 5.16. The van der Waals surface area contributed by atoms with E-state index in [1.165, 1.54) is 0 Å². The highest BCUT2D eigenvalue weighted by Gasteiger charge is 2.36. The largest absolute Gasteiger partial charge is 0.463 e. The third kappa shape index (κ3) is 6.98. The van der Waals surface area contributed by atoms with E-state index in [0.717, 1.165) is 25.7 Å². The smallest absolute Gasteiger partial charge is 0.338 e. The van der Waals surface area contributed by atoms with Crippen LogP contribution < -0.4 is 0 Å². The van der Waals surface area contributed by atoms with Gasteiger partial charge in [-0.3, -0.25) is 0 Å². The predicted molar refractivity (Wildman–Crippen MR) is 104 cm³/mol. The Hall–Kier alpha value is -1.88. The molecule has 5 nitrogen and oxygen atoms in total. The second-order valence-corrected chi connectivity index (χ2v) is 7.70. The van der Waals surface area contributed by atoms with E-state index in [-0.39, 0.29) is 17.5 Å². The lowest BCUT2D eigenvalue weighted by Gasteiger charge is -2.38. The predicted octanol–water partition coefficient (Wildman–Crippen LogP) is 4.54. The fourth-order valence-electron chi connectivity index (χ4n) is 3.18. The van der Waals surface area contributed by atoms with Crippen molar-refractivity contribution in [3.8, 4) is 0 Å². The Balaban J connectivity index is 1.73. The van der Waals surface area contributed by atoms with Gasteiger partial charge in [0.25, 0.3) is 0 Å². The Morgan fingerprint density at radius 2 is 2.00 bits per heavy atom. The summed E-state index contributed by atoms with van der Waals surface area (Å²) < 4.78 is 16.8. The Kier molecular flexibility index (Phi) is 8.29. The van der Waals surface area contributed by atoms with E-state index in [2.05, 4.69) is 13.8 Å². The molecular weight excluding hydrogens is 344 g/mol. The SMILES string of the molecule is CCC(C)COC(=O)C1CCCC(C)(CCCOC(=O)c2ccccc2)O1. The quantitative estimate of drug-likeness (QED) is 0.468. The number of carbonyl (C=O) groups excluding carboxylic acids is 2. The zero-order valence-corrected chi connectivity index (χ0v) is 16.7. The van der Waals surface area contributed by atoms with Gasteiger partial charge < -0.3 is 14.2 Å². The number of carbonyl (C=O) groups is 2. The van der Waals surface area contributed by atoms with Crippen LogP contribution in [0.25, 0.3) is 0 Å². The summed E-state index contributed by atoms with van der Waals surface area (Å²) in [4.78, 5) is 24.2.